The third-order valence-corrected chi connectivity index (χ3v) is 3.61. The molecule has 4 nitrogen and oxygen atoms in total. The Morgan fingerprint density at radius 2 is 1.95 bits per heavy atom. The number of hydrogen-bond acceptors (Lipinski definition) is 2. The van der Waals surface area contributed by atoms with Gasteiger partial charge < -0.3 is 10.3 Å². The normalized spacial score (nSPS) is 16.3. The van der Waals surface area contributed by atoms with E-state index in [1.165, 1.54) is 19.3 Å². The fourth-order valence-corrected chi connectivity index (χ4v) is 2.37. The molecule has 1 aromatic rings. The first-order valence-corrected chi connectivity index (χ1v) is 8.02. The summed E-state index contributed by atoms with van der Waals surface area (Å²) in [4.78, 5) is 7.97. The Morgan fingerprint density at radius 3 is 2.68 bits per heavy atom. The van der Waals surface area contributed by atoms with Gasteiger partial charge >= 0.3 is 5.71 Å². The highest BCUT2D eigenvalue weighted by atomic mass is 16.5. The predicted molar refractivity (Wildman–Crippen MR) is 89.6 cm³/mol. The van der Waals surface area contributed by atoms with E-state index in [2.05, 4.69) is 16.7 Å². The number of rotatable bonds is 7. The molecule has 0 aliphatic heterocycles. The van der Waals surface area contributed by atoms with E-state index in [4.69, 9.17) is 10.3 Å². The van der Waals surface area contributed by atoms with Crippen molar-refractivity contribution in [3.8, 4) is 0 Å². The van der Waals surface area contributed by atoms with Crippen LogP contribution in [0, 0.1) is 0 Å². The summed E-state index contributed by atoms with van der Waals surface area (Å²) in [5, 5.41) is 0. The summed E-state index contributed by atoms with van der Waals surface area (Å²) in [6, 6.07) is 9.86. The molecule has 22 heavy (non-hydrogen) atoms. The molecule has 0 spiro atoms. The lowest BCUT2D eigenvalue weighted by molar-refractivity contribution is -0.0130. The molecule has 2 rings (SSSR count). The molecule has 0 radical (unpaired) electrons. The van der Waals surface area contributed by atoms with Gasteiger partial charge in [0.25, 0.3) is 0 Å². The van der Waals surface area contributed by atoms with Crippen LogP contribution >= 0.6 is 0 Å². The van der Waals surface area contributed by atoms with Gasteiger partial charge in [-0.15, -0.1) is 0 Å². The largest absolute Gasteiger partial charge is 0.486 e. The first-order valence-electron chi connectivity index (χ1n) is 8.02. The lowest BCUT2D eigenvalue weighted by Crippen LogP contribution is -2.17. The van der Waals surface area contributed by atoms with E-state index in [1.54, 1.807) is 0 Å². The molecule has 1 aliphatic carbocycles. The number of hydrogen-bond donors (Lipinski definition) is 0. The molecule has 4 heteroatoms. The summed E-state index contributed by atoms with van der Waals surface area (Å²) in [5.74, 6) is 0.653. The number of nitrogens with zero attached hydrogens (tertiary/aromatic N) is 3. The highest BCUT2D eigenvalue weighted by Gasteiger charge is 2.23. The van der Waals surface area contributed by atoms with Gasteiger partial charge in [0.05, 0.1) is 18.7 Å². The number of aliphatic imine (C=N–C) groups is 1. The smallest absolute Gasteiger partial charge is 0.333 e. The molecule has 0 fully saturated rings. The van der Waals surface area contributed by atoms with E-state index >= 15 is 0 Å². The molecule has 0 N–H and O–H groups in total. The molecule has 0 amide bonds. The summed E-state index contributed by atoms with van der Waals surface area (Å²) < 4.78 is 5.79. The highest BCUT2D eigenvalue weighted by Crippen LogP contribution is 2.18. The van der Waals surface area contributed by atoms with E-state index in [1.807, 2.05) is 36.4 Å². The first kappa shape index (κ1) is 16.2. The van der Waals surface area contributed by atoms with Crippen molar-refractivity contribution in [3.63, 3.8) is 0 Å². The monoisotopic (exact) mass is 297 g/mol. The summed E-state index contributed by atoms with van der Waals surface area (Å²) >= 11 is 0. The summed E-state index contributed by atoms with van der Waals surface area (Å²) in [5.41, 5.74) is 11.6. The Labute approximate surface area is 132 Å². The number of benzene rings is 1. The van der Waals surface area contributed by atoms with Crippen LogP contribution in [0.1, 0.15) is 45.4 Å². The van der Waals surface area contributed by atoms with E-state index < -0.39 is 0 Å². The van der Waals surface area contributed by atoms with Crippen LogP contribution in [0.15, 0.2) is 47.2 Å². The van der Waals surface area contributed by atoms with Gasteiger partial charge in [0, 0.05) is 18.2 Å². The van der Waals surface area contributed by atoms with Crippen LogP contribution in [0.2, 0.25) is 0 Å². The Bertz CT molecular complexity index is 584. The van der Waals surface area contributed by atoms with Crippen LogP contribution in [0.4, 0.5) is 5.69 Å². The summed E-state index contributed by atoms with van der Waals surface area (Å²) in [6.45, 7) is 2.84. The van der Waals surface area contributed by atoms with Crippen LogP contribution in [-0.4, -0.2) is 22.8 Å². The Hall–Kier alpha value is -2.19. The molecule has 0 unspecified atom stereocenters. The van der Waals surface area contributed by atoms with Crippen molar-refractivity contribution in [1.82, 2.24) is 0 Å². The molecular formula is C18H23N3O. The van der Waals surface area contributed by atoms with E-state index in [9.17, 15) is 0 Å². The Morgan fingerprint density at radius 1 is 1.14 bits per heavy atom. The predicted octanol–water partition coefficient (Wildman–Crippen LogP) is 4.70. The molecular weight excluding hydrogens is 274 g/mol. The van der Waals surface area contributed by atoms with Gasteiger partial charge in [-0.2, -0.15) is 4.79 Å². The SMILES string of the molecule is CCCCCCOC1=CC(=Nc2ccccc2)CCC1=[N+]=[N-]. The minimum Gasteiger partial charge on any atom is -0.486 e. The van der Waals surface area contributed by atoms with Gasteiger partial charge in [-0.1, -0.05) is 44.4 Å². The minimum absolute atomic E-state index is 0.613. The first-order chi connectivity index (χ1) is 10.8. The van der Waals surface area contributed by atoms with Crippen molar-refractivity contribution in [3.05, 3.63) is 47.7 Å². The highest BCUT2D eigenvalue weighted by molar-refractivity contribution is 6.10. The fraction of sp³-hybridized carbons (Fsp3) is 0.444. The van der Waals surface area contributed by atoms with Gasteiger partial charge in [-0.25, -0.2) is 0 Å². The Kier molecular flexibility index (Phi) is 6.59. The van der Waals surface area contributed by atoms with Gasteiger partial charge in [0.15, 0.2) is 0 Å². The van der Waals surface area contributed by atoms with Crippen LogP contribution in [0.3, 0.4) is 0 Å². The van der Waals surface area contributed by atoms with Crippen LogP contribution in [0.5, 0.6) is 0 Å². The zero-order valence-corrected chi connectivity index (χ0v) is 13.2. The van der Waals surface area contributed by atoms with E-state index in [0.717, 1.165) is 24.2 Å². The van der Waals surface area contributed by atoms with Crippen molar-refractivity contribution in [2.75, 3.05) is 6.61 Å². The molecule has 0 saturated heterocycles. The third-order valence-electron chi connectivity index (χ3n) is 3.61. The zero-order valence-electron chi connectivity index (χ0n) is 13.2. The van der Waals surface area contributed by atoms with Crippen LogP contribution in [0.25, 0.3) is 5.53 Å². The minimum atomic E-state index is 0.613. The quantitative estimate of drug-likeness (QED) is 0.408. The second kappa shape index (κ2) is 8.96. The molecule has 0 aromatic heterocycles. The lowest BCUT2D eigenvalue weighted by Gasteiger charge is -2.12. The molecule has 1 aromatic carbocycles. The molecule has 0 atom stereocenters. The molecule has 0 heterocycles. The summed E-state index contributed by atoms with van der Waals surface area (Å²) in [6.07, 6.45) is 7.94. The van der Waals surface area contributed by atoms with Crippen molar-refractivity contribution in [2.24, 2.45) is 4.99 Å². The number of allylic oxidation sites excluding steroid dienone is 2. The third kappa shape index (κ3) is 4.97. The van der Waals surface area contributed by atoms with Gasteiger partial charge in [-0.3, -0.25) is 4.99 Å². The average Bonchev–Trinajstić information content (AvgIpc) is 2.56. The maximum Gasteiger partial charge on any atom is 0.333 e. The molecule has 0 saturated carbocycles. The van der Waals surface area contributed by atoms with E-state index in [-0.39, 0.29) is 0 Å². The summed E-state index contributed by atoms with van der Waals surface area (Å²) in [7, 11) is 0. The zero-order chi connectivity index (χ0) is 15.6. The maximum absolute atomic E-state index is 9.11. The second-order valence-electron chi connectivity index (χ2n) is 5.40. The van der Waals surface area contributed by atoms with Gasteiger partial charge in [0.1, 0.15) is 0 Å². The van der Waals surface area contributed by atoms with Crippen molar-refractivity contribution < 1.29 is 9.53 Å². The molecule has 116 valence electrons. The second-order valence-corrected chi connectivity index (χ2v) is 5.40. The number of unbranched alkanes of at least 4 members (excludes halogenated alkanes) is 3. The average molecular weight is 297 g/mol. The van der Waals surface area contributed by atoms with Crippen LogP contribution < -0.4 is 0 Å². The fourth-order valence-electron chi connectivity index (χ4n) is 2.37. The van der Waals surface area contributed by atoms with Crippen molar-refractivity contribution >= 4 is 17.1 Å². The topological polar surface area (TPSA) is 58.0 Å². The lowest BCUT2D eigenvalue weighted by atomic mass is 10.0. The number of ether oxygens (including phenoxy) is 1. The molecule has 0 bridgehead atoms. The van der Waals surface area contributed by atoms with Gasteiger partial charge in [-0.05, 0) is 18.6 Å². The Balaban J connectivity index is 2.03. The standard InChI is InChI=1S/C18H23N3O/c1-2-3-4-8-13-22-18-14-16(11-12-17(18)21-19)20-15-9-6-5-7-10-15/h5-7,9-10,14H,2-4,8,11-13H2,1H3. The van der Waals surface area contributed by atoms with Gasteiger partial charge in [0.2, 0.25) is 5.76 Å². The maximum atomic E-state index is 9.11. The van der Waals surface area contributed by atoms with E-state index in [0.29, 0.717) is 24.5 Å². The number of para-hydroxylation sites is 1. The molecule has 1 aliphatic rings. The van der Waals surface area contributed by atoms with Crippen LogP contribution in [-0.2, 0) is 4.74 Å². The van der Waals surface area contributed by atoms with Crippen molar-refractivity contribution in [2.45, 2.75) is 45.4 Å². The van der Waals surface area contributed by atoms with Crippen molar-refractivity contribution in [1.29, 1.82) is 0 Å².